The van der Waals surface area contributed by atoms with Gasteiger partial charge in [0.2, 0.25) is 11.8 Å². The number of hydrogen-bond donors (Lipinski definition) is 1. The highest BCUT2D eigenvalue weighted by atomic mass is 35.5. The second-order valence-electron chi connectivity index (χ2n) is 6.72. The highest BCUT2D eigenvalue weighted by molar-refractivity contribution is 6.36. The third-order valence-electron chi connectivity index (χ3n) is 4.84. The van der Waals surface area contributed by atoms with Gasteiger partial charge < -0.3 is 10.2 Å². The molecule has 2 aliphatic rings. The predicted octanol–water partition coefficient (Wildman–Crippen LogP) is 3.70. The van der Waals surface area contributed by atoms with Crippen LogP contribution in [0.25, 0.3) is 10.8 Å². The maximum absolute atomic E-state index is 13.0. The number of benzene rings is 1. The van der Waals surface area contributed by atoms with Gasteiger partial charge in [0.25, 0.3) is 0 Å². The van der Waals surface area contributed by atoms with Crippen LogP contribution in [0.5, 0.6) is 0 Å². The SMILES string of the molecule is CC1CCC(=O)N1c1cc(Cl)c2cnc(NC(=O)[C@@H]3C[C@@H]3F)cc2c1. The van der Waals surface area contributed by atoms with Crippen LogP contribution in [-0.2, 0) is 9.59 Å². The summed E-state index contributed by atoms with van der Waals surface area (Å²) in [4.78, 5) is 29.9. The number of hydrogen-bond acceptors (Lipinski definition) is 3. The highest BCUT2D eigenvalue weighted by Crippen LogP contribution is 2.36. The molecule has 25 heavy (non-hydrogen) atoms. The van der Waals surface area contributed by atoms with Crippen LogP contribution in [0.3, 0.4) is 0 Å². The number of amides is 2. The normalized spacial score (nSPS) is 25.5. The maximum atomic E-state index is 13.0. The zero-order chi connectivity index (χ0) is 17.7. The summed E-state index contributed by atoms with van der Waals surface area (Å²) < 4.78 is 13.0. The fourth-order valence-electron chi connectivity index (χ4n) is 3.29. The predicted molar refractivity (Wildman–Crippen MR) is 94.6 cm³/mol. The topological polar surface area (TPSA) is 62.3 Å². The Morgan fingerprint density at radius 1 is 1.40 bits per heavy atom. The lowest BCUT2D eigenvalue weighted by Gasteiger charge is -2.22. The first-order chi connectivity index (χ1) is 11.9. The molecule has 3 atom stereocenters. The summed E-state index contributed by atoms with van der Waals surface area (Å²) in [6.45, 7) is 2.00. The van der Waals surface area contributed by atoms with Crippen LogP contribution in [-0.4, -0.2) is 29.0 Å². The molecule has 1 aliphatic heterocycles. The molecule has 130 valence electrons. The third kappa shape index (κ3) is 2.95. The standard InChI is InChI=1S/C18H17ClFN3O2/c1-9-2-3-17(24)23(9)11-4-10-5-16(21-8-13(10)14(19)6-11)22-18(25)12-7-15(12)20/h4-6,8-9,12,15H,2-3,7H2,1H3,(H,21,22,25)/t9?,12-,15+/m1/s1. The van der Waals surface area contributed by atoms with Crippen LogP contribution < -0.4 is 10.2 Å². The van der Waals surface area contributed by atoms with E-state index in [2.05, 4.69) is 10.3 Å². The van der Waals surface area contributed by atoms with Gasteiger partial charge in [0, 0.05) is 29.7 Å². The number of rotatable bonds is 3. The van der Waals surface area contributed by atoms with E-state index in [1.165, 1.54) is 0 Å². The maximum Gasteiger partial charge on any atom is 0.231 e. The Labute approximate surface area is 149 Å². The molecule has 2 fully saturated rings. The van der Waals surface area contributed by atoms with Crippen molar-refractivity contribution in [3.8, 4) is 0 Å². The van der Waals surface area contributed by atoms with Gasteiger partial charge >= 0.3 is 0 Å². The lowest BCUT2D eigenvalue weighted by atomic mass is 10.1. The van der Waals surface area contributed by atoms with E-state index in [0.29, 0.717) is 17.3 Å². The minimum atomic E-state index is -1.05. The van der Waals surface area contributed by atoms with Crippen LogP contribution in [0.2, 0.25) is 5.02 Å². The number of alkyl halides is 1. The molecule has 7 heteroatoms. The summed E-state index contributed by atoms with van der Waals surface area (Å²) in [6.07, 6.45) is 2.14. The van der Waals surface area contributed by atoms with Gasteiger partial charge in [-0.2, -0.15) is 0 Å². The Kier molecular flexibility index (Phi) is 3.87. The van der Waals surface area contributed by atoms with Gasteiger partial charge in [0.15, 0.2) is 0 Å². The van der Waals surface area contributed by atoms with Gasteiger partial charge in [-0.1, -0.05) is 11.6 Å². The van der Waals surface area contributed by atoms with E-state index in [-0.39, 0.29) is 24.3 Å². The molecule has 5 nitrogen and oxygen atoms in total. The van der Waals surface area contributed by atoms with E-state index in [9.17, 15) is 14.0 Å². The molecule has 1 aliphatic carbocycles. The van der Waals surface area contributed by atoms with Crippen molar-refractivity contribution in [3.63, 3.8) is 0 Å². The molecule has 1 saturated heterocycles. The molecule has 0 spiro atoms. The molecule has 4 rings (SSSR count). The minimum absolute atomic E-state index is 0.0771. The van der Waals surface area contributed by atoms with Crippen LogP contribution in [0.1, 0.15) is 26.2 Å². The second-order valence-corrected chi connectivity index (χ2v) is 7.12. The monoisotopic (exact) mass is 361 g/mol. The molecule has 2 aromatic rings. The first-order valence-electron chi connectivity index (χ1n) is 8.30. The number of carbonyl (C=O) groups excluding carboxylic acids is 2. The number of pyridine rings is 1. The van der Waals surface area contributed by atoms with Gasteiger partial charge in [-0.05, 0) is 43.4 Å². The number of anilines is 2. The summed E-state index contributed by atoms with van der Waals surface area (Å²) in [6, 6.07) is 5.46. The Morgan fingerprint density at radius 2 is 2.16 bits per heavy atom. The van der Waals surface area contributed by atoms with Crippen molar-refractivity contribution in [2.24, 2.45) is 5.92 Å². The van der Waals surface area contributed by atoms with E-state index in [4.69, 9.17) is 11.6 Å². The minimum Gasteiger partial charge on any atom is -0.310 e. The van der Waals surface area contributed by atoms with Crippen LogP contribution in [0.4, 0.5) is 15.9 Å². The second kappa shape index (κ2) is 5.95. The summed E-state index contributed by atoms with van der Waals surface area (Å²) in [5.74, 6) is -0.501. The van der Waals surface area contributed by atoms with Crippen LogP contribution >= 0.6 is 11.6 Å². The zero-order valence-corrected chi connectivity index (χ0v) is 14.4. The number of nitrogens with zero attached hydrogens (tertiary/aromatic N) is 2. The number of nitrogens with one attached hydrogen (secondary N) is 1. The van der Waals surface area contributed by atoms with Crippen molar-refractivity contribution in [1.82, 2.24) is 4.98 Å². The Morgan fingerprint density at radius 3 is 2.80 bits per heavy atom. The van der Waals surface area contributed by atoms with Gasteiger partial charge in [-0.15, -0.1) is 0 Å². The van der Waals surface area contributed by atoms with E-state index in [1.807, 2.05) is 13.0 Å². The van der Waals surface area contributed by atoms with Crippen molar-refractivity contribution in [2.45, 2.75) is 38.4 Å². The summed E-state index contributed by atoms with van der Waals surface area (Å²) in [7, 11) is 0. The van der Waals surface area contributed by atoms with E-state index < -0.39 is 12.1 Å². The van der Waals surface area contributed by atoms with Crippen molar-refractivity contribution < 1.29 is 14.0 Å². The Hall–Kier alpha value is -2.21. The Balaban J connectivity index is 1.68. The van der Waals surface area contributed by atoms with E-state index >= 15 is 0 Å². The van der Waals surface area contributed by atoms with Crippen molar-refractivity contribution in [1.29, 1.82) is 0 Å². The van der Waals surface area contributed by atoms with Crippen LogP contribution in [0.15, 0.2) is 24.4 Å². The molecule has 0 radical (unpaired) electrons. The van der Waals surface area contributed by atoms with Gasteiger partial charge in [-0.3, -0.25) is 9.59 Å². The summed E-state index contributed by atoms with van der Waals surface area (Å²) in [5, 5.41) is 4.64. The third-order valence-corrected chi connectivity index (χ3v) is 5.15. The molecule has 2 heterocycles. The number of halogens is 2. The van der Waals surface area contributed by atoms with E-state index in [0.717, 1.165) is 22.9 Å². The van der Waals surface area contributed by atoms with Crippen LogP contribution in [0, 0.1) is 5.92 Å². The average Bonchev–Trinajstić information content (AvgIpc) is 3.20. The first-order valence-corrected chi connectivity index (χ1v) is 8.68. The quantitative estimate of drug-likeness (QED) is 0.906. The smallest absolute Gasteiger partial charge is 0.231 e. The Bertz CT molecular complexity index is 888. The fourth-order valence-corrected chi connectivity index (χ4v) is 3.56. The molecule has 0 bridgehead atoms. The lowest BCUT2D eigenvalue weighted by Crippen LogP contribution is -2.30. The zero-order valence-electron chi connectivity index (χ0n) is 13.6. The lowest BCUT2D eigenvalue weighted by molar-refractivity contribution is -0.118. The fraction of sp³-hybridized carbons (Fsp3) is 0.389. The van der Waals surface area contributed by atoms with E-state index in [1.54, 1.807) is 23.2 Å². The van der Waals surface area contributed by atoms with Crippen molar-refractivity contribution >= 4 is 45.7 Å². The largest absolute Gasteiger partial charge is 0.310 e. The molecular weight excluding hydrogens is 345 g/mol. The van der Waals surface area contributed by atoms with Crippen molar-refractivity contribution in [2.75, 3.05) is 10.2 Å². The molecule has 1 aromatic carbocycles. The molecule has 2 amide bonds. The molecule has 1 unspecified atom stereocenters. The molecule has 1 saturated carbocycles. The average molecular weight is 362 g/mol. The molecule has 1 aromatic heterocycles. The van der Waals surface area contributed by atoms with Gasteiger partial charge in [0.05, 0.1) is 10.9 Å². The highest BCUT2D eigenvalue weighted by Gasteiger charge is 2.43. The molecular formula is C18H17ClFN3O2. The summed E-state index contributed by atoms with van der Waals surface area (Å²) >= 11 is 6.36. The number of fused-ring (bicyclic) bond motifs is 1. The van der Waals surface area contributed by atoms with Gasteiger partial charge in [-0.25, -0.2) is 9.37 Å². The summed E-state index contributed by atoms with van der Waals surface area (Å²) in [5.41, 5.74) is 0.738. The van der Waals surface area contributed by atoms with Gasteiger partial charge in [0.1, 0.15) is 12.0 Å². The number of aromatic nitrogens is 1. The number of carbonyl (C=O) groups is 2. The molecule has 1 N–H and O–H groups in total. The first kappa shape index (κ1) is 16.3. The van der Waals surface area contributed by atoms with Crippen molar-refractivity contribution in [3.05, 3.63) is 29.4 Å².